The fourth-order valence-electron chi connectivity index (χ4n) is 1.29. The van der Waals surface area contributed by atoms with Crippen molar-refractivity contribution >= 4 is 11.9 Å². The van der Waals surface area contributed by atoms with Crippen LogP contribution in [-0.4, -0.2) is 18.0 Å². The van der Waals surface area contributed by atoms with Gasteiger partial charge in [-0.3, -0.25) is 9.98 Å². The summed E-state index contributed by atoms with van der Waals surface area (Å²) in [4.78, 5) is 8.52. The molecule has 0 fully saturated rings. The topological polar surface area (TPSA) is 24.7 Å². The zero-order valence-electron chi connectivity index (χ0n) is 6.49. The Hall–Kier alpha value is -1.18. The van der Waals surface area contributed by atoms with Crippen LogP contribution in [0.4, 0.5) is 0 Å². The van der Waals surface area contributed by atoms with Crippen LogP contribution >= 0.6 is 0 Å². The molecular weight excluding hydrogens is 136 g/mol. The second-order valence-electron chi connectivity index (χ2n) is 2.84. The van der Waals surface area contributed by atoms with Gasteiger partial charge >= 0.3 is 0 Å². The summed E-state index contributed by atoms with van der Waals surface area (Å²) in [5, 5.41) is 0. The van der Waals surface area contributed by atoms with Crippen molar-refractivity contribution in [3.05, 3.63) is 23.9 Å². The highest BCUT2D eigenvalue weighted by atomic mass is 14.8. The van der Waals surface area contributed by atoms with Gasteiger partial charge in [-0.2, -0.15) is 0 Å². The van der Waals surface area contributed by atoms with Gasteiger partial charge in [0.25, 0.3) is 0 Å². The Kier molecular flexibility index (Phi) is 1.46. The molecule has 0 bridgehead atoms. The molecule has 0 saturated carbocycles. The quantitative estimate of drug-likeness (QED) is 0.497. The summed E-state index contributed by atoms with van der Waals surface area (Å²) in [6, 6.07) is 0.251. The molecule has 0 aromatic carbocycles. The highest BCUT2D eigenvalue weighted by Gasteiger charge is 2.13. The predicted octanol–water partition coefficient (Wildman–Crippen LogP) is 1.74. The predicted molar refractivity (Wildman–Crippen MR) is 47.2 cm³/mol. The standard InChI is InChI=1S/C9H10N2/c1-7-2-3-8-6-10-5-4-9(8)11-7/h3-6,9H,2H2,1H3. The maximum absolute atomic E-state index is 4.47. The van der Waals surface area contributed by atoms with Gasteiger partial charge in [-0.05, 0) is 18.6 Å². The number of dihydropyridines is 1. The minimum absolute atomic E-state index is 0.251. The van der Waals surface area contributed by atoms with Gasteiger partial charge in [0.05, 0.1) is 6.04 Å². The molecule has 0 spiro atoms. The van der Waals surface area contributed by atoms with Crippen molar-refractivity contribution in [3.8, 4) is 0 Å². The van der Waals surface area contributed by atoms with Gasteiger partial charge in [-0.25, -0.2) is 0 Å². The molecule has 1 unspecified atom stereocenters. The zero-order chi connectivity index (χ0) is 7.68. The molecule has 0 N–H and O–H groups in total. The molecule has 0 aromatic heterocycles. The van der Waals surface area contributed by atoms with Gasteiger partial charge in [-0.1, -0.05) is 6.08 Å². The molecule has 0 amide bonds. The monoisotopic (exact) mass is 146 g/mol. The molecule has 0 aliphatic carbocycles. The van der Waals surface area contributed by atoms with Crippen molar-refractivity contribution in [1.29, 1.82) is 0 Å². The molecule has 56 valence electrons. The van der Waals surface area contributed by atoms with Crippen molar-refractivity contribution in [2.45, 2.75) is 19.4 Å². The van der Waals surface area contributed by atoms with Crippen molar-refractivity contribution in [1.82, 2.24) is 0 Å². The van der Waals surface area contributed by atoms with Gasteiger partial charge in [0.15, 0.2) is 0 Å². The highest BCUT2D eigenvalue weighted by molar-refractivity contribution is 5.91. The molecule has 0 aromatic rings. The van der Waals surface area contributed by atoms with Crippen LogP contribution in [-0.2, 0) is 0 Å². The third-order valence-corrected chi connectivity index (χ3v) is 1.91. The second kappa shape index (κ2) is 2.46. The first-order valence-corrected chi connectivity index (χ1v) is 3.79. The Morgan fingerprint density at radius 1 is 1.55 bits per heavy atom. The number of aliphatic imine (C=N–C) groups is 2. The summed E-state index contributed by atoms with van der Waals surface area (Å²) < 4.78 is 0. The molecular formula is C9H10N2. The molecule has 2 nitrogen and oxygen atoms in total. The highest BCUT2D eigenvalue weighted by Crippen LogP contribution is 2.16. The lowest BCUT2D eigenvalue weighted by Crippen LogP contribution is -2.15. The Morgan fingerprint density at radius 3 is 3.36 bits per heavy atom. The normalized spacial score (nSPS) is 27.5. The second-order valence-corrected chi connectivity index (χ2v) is 2.84. The summed E-state index contributed by atoms with van der Waals surface area (Å²) in [6.45, 7) is 2.06. The van der Waals surface area contributed by atoms with Crippen LogP contribution in [0.3, 0.4) is 0 Å². The van der Waals surface area contributed by atoms with Crippen molar-refractivity contribution < 1.29 is 0 Å². The van der Waals surface area contributed by atoms with Crippen LogP contribution in [0.25, 0.3) is 0 Å². The fourth-order valence-corrected chi connectivity index (χ4v) is 1.29. The first kappa shape index (κ1) is 6.53. The first-order valence-electron chi connectivity index (χ1n) is 3.79. The summed E-state index contributed by atoms with van der Waals surface area (Å²) >= 11 is 0. The summed E-state index contributed by atoms with van der Waals surface area (Å²) in [7, 11) is 0. The van der Waals surface area contributed by atoms with E-state index in [4.69, 9.17) is 0 Å². The van der Waals surface area contributed by atoms with Crippen LogP contribution in [0.2, 0.25) is 0 Å². The van der Waals surface area contributed by atoms with Crippen LogP contribution in [0.1, 0.15) is 13.3 Å². The maximum atomic E-state index is 4.47. The smallest absolute Gasteiger partial charge is 0.0959 e. The van der Waals surface area contributed by atoms with Crippen molar-refractivity contribution in [2.75, 3.05) is 0 Å². The molecule has 0 saturated heterocycles. The van der Waals surface area contributed by atoms with E-state index in [1.54, 1.807) is 0 Å². The van der Waals surface area contributed by atoms with Gasteiger partial charge < -0.3 is 0 Å². The van der Waals surface area contributed by atoms with Crippen LogP contribution < -0.4 is 0 Å². The SMILES string of the molecule is CC1=NC2C=CN=CC2=CC1. The lowest BCUT2D eigenvalue weighted by atomic mass is 10.0. The number of hydrogen-bond acceptors (Lipinski definition) is 2. The average molecular weight is 146 g/mol. The number of rotatable bonds is 0. The van der Waals surface area contributed by atoms with E-state index in [0.717, 1.165) is 6.42 Å². The molecule has 2 rings (SSSR count). The van der Waals surface area contributed by atoms with Crippen molar-refractivity contribution in [3.63, 3.8) is 0 Å². The lowest BCUT2D eigenvalue weighted by Gasteiger charge is -2.17. The lowest BCUT2D eigenvalue weighted by molar-refractivity contribution is 0.947. The number of hydrogen-bond donors (Lipinski definition) is 0. The van der Waals surface area contributed by atoms with Gasteiger partial charge in [0.1, 0.15) is 0 Å². The summed E-state index contributed by atoms with van der Waals surface area (Å²) in [5.74, 6) is 0. The van der Waals surface area contributed by atoms with Gasteiger partial charge in [0.2, 0.25) is 0 Å². The molecule has 0 radical (unpaired) electrons. The van der Waals surface area contributed by atoms with Crippen molar-refractivity contribution in [2.24, 2.45) is 9.98 Å². The number of allylic oxidation sites excluding steroid dienone is 1. The maximum Gasteiger partial charge on any atom is 0.0959 e. The van der Waals surface area contributed by atoms with Crippen LogP contribution in [0.5, 0.6) is 0 Å². The third kappa shape index (κ3) is 1.16. The van der Waals surface area contributed by atoms with Gasteiger partial charge in [-0.15, -0.1) is 0 Å². The molecule has 2 heteroatoms. The Bertz CT molecular complexity index is 282. The Labute approximate surface area is 66.1 Å². The van der Waals surface area contributed by atoms with E-state index in [9.17, 15) is 0 Å². The van der Waals surface area contributed by atoms with E-state index < -0.39 is 0 Å². The fraction of sp³-hybridized carbons (Fsp3) is 0.333. The van der Waals surface area contributed by atoms with E-state index in [-0.39, 0.29) is 6.04 Å². The minimum Gasteiger partial charge on any atom is -0.282 e. The van der Waals surface area contributed by atoms with E-state index in [2.05, 4.69) is 23.0 Å². The summed E-state index contributed by atoms with van der Waals surface area (Å²) in [5.41, 5.74) is 2.44. The van der Waals surface area contributed by atoms with Crippen LogP contribution in [0, 0.1) is 0 Å². The van der Waals surface area contributed by atoms with E-state index in [0.29, 0.717) is 0 Å². The largest absolute Gasteiger partial charge is 0.282 e. The van der Waals surface area contributed by atoms with E-state index in [1.165, 1.54) is 11.3 Å². The Morgan fingerprint density at radius 2 is 2.45 bits per heavy atom. The summed E-state index contributed by atoms with van der Waals surface area (Å²) in [6.07, 6.45) is 8.89. The minimum atomic E-state index is 0.251. The molecule has 11 heavy (non-hydrogen) atoms. The zero-order valence-corrected chi connectivity index (χ0v) is 6.49. The Balaban J connectivity index is 2.31. The molecule has 2 aliphatic heterocycles. The van der Waals surface area contributed by atoms with E-state index >= 15 is 0 Å². The molecule has 2 heterocycles. The average Bonchev–Trinajstić information content (AvgIpc) is 2.04. The van der Waals surface area contributed by atoms with E-state index in [1.807, 2.05) is 18.5 Å². The number of nitrogens with zero attached hydrogens (tertiary/aromatic N) is 2. The van der Waals surface area contributed by atoms with Crippen LogP contribution in [0.15, 0.2) is 33.9 Å². The number of fused-ring (bicyclic) bond motifs is 1. The molecule has 2 aliphatic rings. The first-order chi connectivity index (χ1) is 5.36. The molecule has 1 atom stereocenters. The third-order valence-electron chi connectivity index (χ3n) is 1.91. The van der Waals surface area contributed by atoms with Gasteiger partial charge in [0, 0.05) is 24.5 Å².